The van der Waals surface area contributed by atoms with E-state index in [-0.39, 0.29) is 29.5 Å². The van der Waals surface area contributed by atoms with Crippen LogP contribution in [0.1, 0.15) is 85.5 Å². The average molecular weight is 781 g/mol. The van der Waals surface area contributed by atoms with E-state index < -0.39 is 99.8 Å². The Morgan fingerprint density at radius 1 is 0.667 bits per heavy atom. The van der Waals surface area contributed by atoms with Crippen LogP contribution in [0.5, 0.6) is 0 Å². The summed E-state index contributed by atoms with van der Waals surface area (Å²) in [5, 5.41) is 13.3. The van der Waals surface area contributed by atoms with Gasteiger partial charge in [-0.1, -0.05) is 81.4 Å². The van der Waals surface area contributed by atoms with E-state index >= 15 is 0 Å². The third-order valence-corrected chi connectivity index (χ3v) is 12.4. The standard InChI is InChI=1S/C45H48O12/c1-8-43(6)25-31(55-38(48)28-18-12-9-13-19-28)35-44(7)32(24-33(53-26(2)46)45(35,52)41(43)51)42(4,5)36(54-27(3)47)34(56-39(49)29-20-14-10-15-21-29)37(44)57-40(50)30-22-16-11-17-23-30/h8-23,31-37,52H,1,24-25H2,2-7H3/t31-,32+,33-,34+,35-,36-,37+,43+,44+,45+/m1/s1. The molecule has 3 saturated carbocycles. The lowest BCUT2D eigenvalue weighted by Crippen LogP contribution is -2.81. The SMILES string of the molecule is C=C[C@@]1(C)C[C@@H](OC(=O)c2ccccc2)[C@H]2[C@](O)(C1=O)[C@H](OC(C)=O)C[C@H]1C(C)(C)[C@H](OC(C)=O)[C@H](OC(=O)c3ccccc3)[C@H](OC(=O)c3ccccc3)[C@@]12C. The first kappa shape index (κ1) is 41.0. The topological polar surface area (TPSA) is 169 Å². The van der Waals surface area contributed by atoms with Crippen LogP contribution in [-0.2, 0) is 38.1 Å². The van der Waals surface area contributed by atoms with Gasteiger partial charge in [0.1, 0.15) is 24.4 Å². The molecule has 3 aliphatic carbocycles. The second-order valence-electron chi connectivity index (χ2n) is 16.3. The van der Waals surface area contributed by atoms with Crippen LogP contribution in [0, 0.1) is 28.1 Å². The molecule has 0 amide bonds. The van der Waals surface area contributed by atoms with Gasteiger partial charge in [-0.2, -0.15) is 0 Å². The fraction of sp³-hybridized carbons (Fsp3) is 0.422. The number of esters is 5. The summed E-state index contributed by atoms with van der Waals surface area (Å²) in [5.41, 5.74) is -6.51. The first-order valence-electron chi connectivity index (χ1n) is 18.9. The highest BCUT2D eigenvalue weighted by Gasteiger charge is 2.79. The summed E-state index contributed by atoms with van der Waals surface area (Å²) in [5.74, 6) is -7.03. The summed E-state index contributed by atoms with van der Waals surface area (Å²) >= 11 is 0. The number of fused-ring (bicyclic) bond motifs is 3. The normalized spacial score (nSPS) is 32.6. The molecule has 0 saturated heterocycles. The number of Topliss-reactive ketones (excluding diaryl/α,β-unsaturated/α-hetero) is 1. The van der Waals surface area contributed by atoms with Gasteiger partial charge in [0.2, 0.25) is 0 Å². The molecule has 300 valence electrons. The van der Waals surface area contributed by atoms with Crippen LogP contribution in [0.4, 0.5) is 0 Å². The molecular formula is C45H48O12. The molecule has 3 fully saturated rings. The monoisotopic (exact) mass is 780 g/mol. The van der Waals surface area contributed by atoms with Gasteiger partial charge in [0.25, 0.3) is 0 Å². The van der Waals surface area contributed by atoms with Crippen molar-refractivity contribution in [2.45, 2.75) is 90.5 Å². The summed E-state index contributed by atoms with van der Waals surface area (Å²) in [6.45, 7) is 13.0. The van der Waals surface area contributed by atoms with Crippen molar-refractivity contribution in [3.05, 3.63) is 120 Å². The number of carbonyl (C=O) groups is 6. The lowest BCUT2D eigenvalue weighted by atomic mass is 9.38. The average Bonchev–Trinajstić information content (AvgIpc) is 3.18. The van der Waals surface area contributed by atoms with E-state index in [1.807, 2.05) is 0 Å². The van der Waals surface area contributed by atoms with Crippen LogP contribution >= 0.6 is 0 Å². The Kier molecular flexibility index (Phi) is 11.1. The fourth-order valence-electron chi connectivity index (χ4n) is 9.85. The minimum atomic E-state index is -2.59. The first-order chi connectivity index (χ1) is 26.9. The molecule has 57 heavy (non-hydrogen) atoms. The number of rotatable bonds is 9. The van der Waals surface area contributed by atoms with E-state index in [4.69, 9.17) is 23.7 Å². The van der Waals surface area contributed by atoms with Crippen LogP contribution in [0.25, 0.3) is 0 Å². The van der Waals surface area contributed by atoms with Gasteiger partial charge in [0, 0.05) is 37.0 Å². The van der Waals surface area contributed by atoms with Crippen LogP contribution in [0.2, 0.25) is 0 Å². The number of allylic oxidation sites excluding steroid dienone is 1. The zero-order chi connectivity index (χ0) is 41.5. The molecule has 0 heterocycles. The van der Waals surface area contributed by atoms with Crippen molar-refractivity contribution >= 4 is 35.6 Å². The van der Waals surface area contributed by atoms with Gasteiger partial charge in [-0.3, -0.25) is 14.4 Å². The lowest BCUT2D eigenvalue weighted by molar-refractivity contribution is -0.312. The van der Waals surface area contributed by atoms with Gasteiger partial charge >= 0.3 is 29.8 Å². The van der Waals surface area contributed by atoms with Crippen molar-refractivity contribution in [2.75, 3.05) is 0 Å². The molecule has 3 aromatic rings. The summed E-state index contributed by atoms with van der Waals surface area (Å²) in [4.78, 5) is 83.1. The maximum absolute atomic E-state index is 15.0. The van der Waals surface area contributed by atoms with Gasteiger partial charge in [0.05, 0.1) is 22.1 Å². The van der Waals surface area contributed by atoms with Crippen molar-refractivity contribution < 1.29 is 57.6 Å². The lowest BCUT2D eigenvalue weighted by Gasteiger charge is -2.69. The van der Waals surface area contributed by atoms with Gasteiger partial charge in [0.15, 0.2) is 17.5 Å². The zero-order valence-electron chi connectivity index (χ0n) is 32.8. The quantitative estimate of drug-likeness (QED) is 0.151. The number of aliphatic hydroxyl groups is 1. The molecule has 0 unspecified atom stereocenters. The van der Waals surface area contributed by atoms with E-state index in [0.29, 0.717) is 0 Å². The number of hydrogen-bond donors (Lipinski definition) is 1. The number of ketones is 1. The highest BCUT2D eigenvalue weighted by molar-refractivity contribution is 5.97. The van der Waals surface area contributed by atoms with E-state index in [1.165, 1.54) is 37.3 Å². The van der Waals surface area contributed by atoms with Gasteiger partial charge in [-0.25, -0.2) is 14.4 Å². The number of benzene rings is 3. The van der Waals surface area contributed by atoms with Crippen LogP contribution < -0.4 is 0 Å². The molecule has 12 nitrogen and oxygen atoms in total. The van der Waals surface area contributed by atoms with Crippen molar-refractivity contribution in [3.63, 3.8) is 0 Å². The molecular weight excluding hydrogens is 732 g/mol. The maximum Gasteiger partial charge on any atom is 0.338 e. The molecule has 12 heteroatoms. The molecule has 10 atom stereocenters. The van der Waals surface area contributed by atoms with E-state index in [1.54, 1.807) is 94.4 Å². The van der Waals surface area contributed by atoms with Crippen LogP contribution in [0.15, 0.2) is 104 Å². The minimum absolute atomic E-state index is 0.134. The van der Waals surface area contributed by atoms with Gasteiger partial charge in [-0.15, -0.1) is 6.58 Å². The van der Waals surface area contributed by atoms with E-state index in [2.05, 4.69) is 6.58 Å². The van der Waals surface area contributed by atoms with Crippen molar-refractivity contribution in [3.8, 4) is 0 Å². The third kappa shape index (κ3) is 7.15. The van der Waals surface area contributed by atoms with Crippen molar-refractivity contribution in [2.24, 2.45) is 28.1 Å². The molecule has 0 bridgehead atoms. The maximum atomic E-state index is 15.0. The van der Waals surface area contributed by atoms with E-state index in [0.717, 1.165) is 6.92 Å². The highest BCUT2D eigenvalue weighted by atomic mass is 16.6. The Morgan fingerprint density at radius 3 is 1.58 bits per heavy atom. The second-order valence-corrected chi connectivity index (χ2v) is 16.3. The van der Waals surface area contributed by atoms with Crippen LogP contribution in [-0.4, -0.2) is 76.9 Å². The number of ether oxygens (including phenoxy) is 5. The molecule has 6 rings (SSSR count). The molecule has 3 aliphatic rings. The summed E-state index contributed by atoms with van der Waals surface area (Å²) in [6.07, 6.45) is -6.26. The Hall–Kier alpha value is -5.62. The Balaban J connectivity index is 1.64. The smallest absolute Gasteiger partial charge is 0.338 e. The predicted octanol–water partition coefficient (Wildman–Crippen LogP) is 6.11. The molecule has 1 N–H and O–H groups in total. The number of hydrogen-bond acceptors (Lipinski definition) is 12. The summed E-state index contributed by atoms with van der Waals surface area (Å²) < 4.78 is 31.0. The second kappa shape index (κ2) is 15.4. The number of carbonyl (C=O) groups excluding carboxylic acids is 6. The van der Waals surface area contributed by atoms with Crippen molar-refractivity contribution in [1.82, 2.24) is 0 Å². The predicted molar refractivity (Wildman–Crippen MR) is 204 cm³/mol. The fourth-order valence-corrected chi connectivity index (χ4v) is 9.85. The molecule has 0 radical (unpaired) electrons. The summed E-state index contributed by atoms with van der Waals surface area (Å²) in [6, 6.07) is 24.3. The molecule has 0 aliphatic heterocycles. The Bertz CT molecular complexity index is 2050. The first-order valence-corrected chi connectivity index (χ1v) is 18.9. The Labute approximate surface area is 331 Å². The van der Waals surface area contributed by atoms with E-state index in [9.17, 15) is 33.9 Å². The van der Waals surface area contributed by atoms with Gasteiger partial charge in [-0.05, 0) is 55.7 Å². The van der Waals surface area contributed by atoms with Crippen LogP contribution in [0.3, 0.4) is 0 Å². The minimum Gasteiger partial charge on any atom is -0.459 e. The largest absolute Gasteiger partial charge is 0.459 e. The van der Waals surface area contributed by atoms with Gasteiger partial charge < -0.3 is 28.8 Å². The summed E-state index contributed by atoms with van der Waals surface area (Å²) in [7, 11) is 0. The highest BCUT2D eigenvalue weighted by Crippen LogP contribution is 2.68. The molecule has 0 aromatic heterocycles. The Morgan fingerprint density at radius 2 is 1.12 bits per heavy atom. The molecule has 3 aromatic carbocycles. The third-order valence-electron chi connectivity index (χ3n) is 12.4. The molecule has 0 spiro atoms. The van der Waals surface area contributed by atoms with Crippen molar-refractivity contribution in [1.29, 1.82) is 0 Å². The zero-order valence-corrected chi connectivity index (χ0v) is 32.8.